The topological polar surface area (TPSA) is 105 Å². The van der Waals surface area contributed by atoms with Crippen LogP contribution in [0, 0.1) is 11.3 Å². The number of amides is 1. The Balaban J connectivity index is 2.02. The van der Waals surface area contributed by atoms with E-state index in [0.29, 0.717) is 16.4 Å². The van der Waals surface area contributed by atoms with E-state index in [-0.39, 0.29) is 10.7 Å². The van der Waals surface area contributed by atoms with E-state index in [1.165, 1.54) is 24.9 Å². The first-order chi connectivity index (χ1) is 11.9. The highest BCUT2D eigenvalue weighted by Gasteiger charge is 2.22. The molecule has 0 aliphatic rings. The van der Waals surface area contributed by atoms with Gasteiger partial charge in [0.15, 0.2) is 17.0 Å². The van der Waals surface area contributed by atoms with Crippen molar-refractivity contribution in [3.05, 3.63) is 46.7 Å². The van der Waals surface area contributed by atoms with E-state index in [0.717, 1.165) is 0 Å². The number of nitrogens with one attached hydrogen (secondary N) is 1. The summed E-state index contributed by atoms with van der Waals surface area (Å²) in [5.41, 5.74) is 0.858. The van der Waals surface area contributed by atoms with E-state index >= 15 is 0 Å². The molecule has 2 rings (SSSR count). The van der Waals surface area contributed by atoms with Gasteiger partial charge in [-0.1, -0.05) is 23.4 Å². The van der Waals surface area contributed by atoms with Gasteiger partial charge in [-0.15, -0.1) is 0 Å². The monoisotopic (exact) mass is 376 g/mol. The number of nitrogens with zero attached hydrogens (tertiary/aromatic N) is 3. The zero-order valence-electron chi connectivity index (χ0n) is 13.3. The maximum Gasteiger partial charge on any atom is 0.359 e. The van der Waals surface area contributed by atoms with Gasteiger partial charge in [-0.05, 0) is 37.4 Å². The van der Waals surface area contributed by atoms with Gasteiger partial charge in [0.25, 0.3) is 5.91 Å². The minimum absolute atomic E-state index is 0.0440. The number of carbonyl (C=O) groups is 2. The summed E-state index contributed by atoms with van der Waals surface area (Å²) in [7, 11) is 0. The number of aromatic nitrogens is 2. The molecule has 0 bridgehead atoms. The van der Waals surface area contributed by atoms with Crippen molar-refractivity contribution in [1.29, 1.82) is 5.26 Å². The van der Waals surface area contributed by atoms with Crippen LogP contribution in [0.2, 0.25) is 5.02 Å². The number of thioether (sulfide) groups is 1. The summed E-state index contributed by atoms with van der Waals surface area (Å²) in [4.78, 5) is 32.2. The molecule has 0 saturated carbocycles. The van der Waals surface area contributed by atoms with Crippen molar-refractivity contribution in [3.8, 4) is 6.07 Å². The second-order valence-electron chi connectivity index (χ2n) is 4.78. The summed E-state index contributed by atoms with van der Waals surface area (Å²) in [6.07, 6.45) is 2.00. The molecule has 0 saturated heterocycles. The molecule has 25 heavy (non-hydrogen) atoms. The molecule has 0 radical (unpaired) electrons. The van der Waals surface area contributed by atoms with Gasteiger partial charge in [0.1, 0.15) is 0 Å². The highest BCUT2D eigenvalue weighted by atomic mass is 35.5. The Morgan fingerprint density at radius 1 is 1.36 bits per heavy atom. The normalized spacial score (nSPS) is 11.3. The molecular weight excluding hydrogens is 364 g/mol. The van der Waals surface area contributed by atoms with E-state index in [1.54, 1.807) is 30.5 Å². The van der Waals surface area contributed by atoms with E-state index in [9.17, 15) is 9.59 Å². The molecule has 7 nitrogen and oxygen atoms in total. The molecule has 9 heteroatoms. The molecule has 128 valence electrons. The van der Waals surface area contributed by atoms with Gasteiger partial charge < -0.3 is 10.1 Å². The van der Waals surface area contributed by atoms with Gasteiger partial charge in [-0.2, -0.15) is 5.26 Å². The van der Waals surface area contributed by atoms with Gasteiger partial charge >= 0.3 is 5.97 Å². The Hall–Kier alpha value is -2.63. The van der Waals surface area contributed by atoms with Crippen LogP contribution >= 0.6 is 23.4 Å². The molecule has 0 aliphatic carbocycles. The number of esters is 1. The van der Waals surface area contributed by atoms with Gasteiger partial charge in [0.05, 0.1) is 22.9 Å². The molecule has 0 fully saturated rings. The average Bonchev–Trinajstić information content (AvgIpc) is 2.62. The molecule has 1 atom stereocenters. The average molecular weight is 377 g/mol. The molecule has 1 heterocycles. The summed E-state index contributed by atoms with van der Waals surface area (Å²) >= 11 is 7.16. The molecule has 0 spiro atoms. The minimum Gasteiger partial charge on any atom is -0.448 e. The third-order valence-electron chi connectivity index (χ3n) is 3.03. The van der Waals surface area contributed by atoms with Crippen molar-refractivity contribution in [3.63, 3.8) is 0 Å². The van der Waals surface area contributed by atoms with Crippen LogP contribution in [0.1, 0.15) is 23.0 Å². The van der Waals surface area contributed by atoms with Crippen LogP contribution < -0.4 is 5.32 Å². The molecule has 1 amide bonds. The van der Waals surface area contributed by atoms with Crippen molar-refractivity contribution < 1.29 is 14.3 Å². The number of nitriles is 1. The maximum absolute atomic E-state index is 12.2. The first-order valence-electron chi connectivity index (χ1n) is 7.03. The zero-order chi connectivity index (χ0) is 18.4. The third-order valence-corrected chi connectivity index (χ3v) is 3.87. The van der Waals surface area contributed by atoms with Crippen LogP contribution in [-0.2, 0) is 9.53 Å². The summed E-state index contributed by atoms with van der Waals surface area (Å²) in [5.74, 6) is -1.33. The van der Waals surface area contributed by atoms with Crippen molar-refractivity contribution in [2.45, 2.75) is 18.2 Å². The number of anilines is 1. The number of hydrogen-bond donors (Lipinski definition) is 1. The Labute approximate surface area is 153 Å². The zero-order valence-corrected chi connectivity index (χ0v) is 14.9. The lowest BCUT2D eigenvalue weighted by molar-refractivity contribution is -0.123. The van der Waals surface area contributed by atoms with E-state index in [2.05, 4.69) is 15.3 Å². The Morgan fingerprint density at radius 3 is 2.64 bits per heavy atom. The predicted molar refractivity (Wildman–Crippen MR) is 93.5 cm³/mol. The van der Waals surface area contributed by atoms with Crippen LogP contribution in [0.25, 0.3) is 0 Å². The molecule has 2 aromatic rings. The van der Waals surface area contributed by atoms with Crippen LogP contribution in [0.4, 0.5) is 5.69 Å². The van der Waals surface area contributed by atoms with Crippen LogP contribution in [0.15, 0.2) is 35.6 Å². The number of rotatable bonds is 5. The van der Waals surface area contributed by atoms with Gasteiger partial charge in [-0.3, -0.25) is 4.79 Å². The minimum atomic E-state index is -1.06. The molecule has 1 N–H and O–H groups in total. The number of ether oxygens (including phenoxy) is 1. The highest BCUT2D eigenvalue weighted by Crippen LogP contribution is 2.18. The van der Waals surface area contributed by atoms with E-state index in [4.69, 9.17) is 21.6 Å². The quantitative estimate of drug-likeness (QED) is 0.486. The lowest BCUT2D eigenvalue weighted by atomic mass is 10.2. The molecule has 0 aliphatic heterocycles. The number of halogens is 1. The van der Waals surface area contributed by atoms with Crippen molar-refractivity contribution in [1.82, 2.24) is 9.97 Å². The highest BCUT2D eigenvalue weighted by molar-refractivity contribution is 7.98. The Morgan fingerprint density at radius 2 is 2.04 bits per heavy atom. The van der Waals surface area contributed by atoms with Gasteiger partial charge in [0, 0.05) is 5.69 Å². The number of benzene rings is 1. The second kappa shape index (κ2) is 8.46. The number of carbonyl (C=O) groups excluding carboxylic acids is 2. The summed E-state index contributed by atoms with van der Waals surface area (Å²) in [6.45, 7) is 1.43. The fraction of sp³-hybridized carbons (Fsp3) is 0.188. The van der Waals surface area contributed by atoms with Crippen molar-refractivity contribution in [2.75, 3.05) is 11.6 Å². The largest absolute Gasteiger partial charge is 0.448 e. The van der Waals surface area contributed by atoms with Gasteiger partial charge in [0.2, 0.25) is 0 Å². The molecule has 0 unspecified atom stereocenters. The first kappa shape index (κ1) is 18.7. The summed E-state index contributed by atoms with van der Waals surface area (Å²) < 4.78 is 5.11. The summed E-state index contributed by atoms with van der Waals surface area (Å²) in [6, 6.07) is 8.27. The summed E-state index contributed by atoms with van der Waals surface area (Å²) in [5, 5.41) is 11.8. The molecule has 1 aromatic carbocycles. The standard InChI is InChI=1S/C16H13ClN4O3S/c1-9(14(22)20-11-5-3-10(7-18)4-6-11)24-15(23)13-12(17)8-19-16(21-13)25-2/h3-6,8-9H,1-2H3,(H,20,22)/t9-/m1/s1. The molecular formula is C16H13ClN4O3S. The van der Waals surface area contributed by atoms with Crippen molar-refractivity contribution >= 4 is 40.9 Å². The fourth-order valence-corrected chi connectivity index (χ4v) is 2.24. The molecule has 1 aromatic heterocycles. The fourth-order valence-electron chi connectivity index (χ4n) is 1.73. The second-order valence-corrected chi connectivity index (χ2v) is 5.96. The SMILES string of the molecule is CSc1ncc(Cl)c(C(=O)O[C@H](C)C(=O)Nc2ccc(C#N)cc2)n1. The van der Waals surface area contributed by atoms with Gasteiger partial charge in [-0.25, -0.2) is 14.8 Å². The first-order valence-corrected chi connectivity index (χ1v) is 8.63. The van der Waals surface area contributed by atoms with Crippen LogP contribution in [0.3, 0.4) is 0 Å². The lowest BCUT2D eigenvalue weighted by Crippen LogP contribution is -2.30. The lowest BCUT2D eigenvalue weighted by Gasteiger charge is -2.14. The van der Waals surface area contributed by atoms with Crippen LogP contribution in [-0.4, -0.2) is 34.2 Å². The number of hydrogen-bond acceptors (Lipinski definition) is 7. The Kier molecular flexibility index (Phi) is 6.33. The van der Waals surface area contributed by atoms with E-state index < -0.39 is 18.0 Å². The maximum atomic E-state index is 12.2. The van der Waals surface area contributed by atoms with Crippen LogP contribution in [0.5, 0.6) is 0 Å². The predicted octanol–water partition coefficient (Wildman–Crippen LogP) is 2.91. The Bertz CT molecular complexity index is 836. The smallest absolute Gasteiger partial charge is 0.359 e. The van der Waals surface area contributed by atoms with Crippen molar-refractivity contribution in [2.24, 2.45) is 0 Å². The third kappa shape index (κ3) is 4.92. The van der Waals surface area contributed by atoms with E-state index in [1.807, 2.05) is 6.07 Å².